The smallest absolute Gasteiger partial charge is 0.491 e. The Hall–Kier alpha value is -4.15. The fourth-order valence-corrected chi connectivity index (χ4v) is 3.53. The van der Waals surface area contributed by atoms with E-state index in [0.717, 1.165) is 12.1 Å². The first-order valence-corrected chi connectivity index (χ1v) is 10.2. The molecule has 4 rings (SSSR count). The Morgan fingerprint density at radius 2 is 1.91 bits per heavy atom. The number of alkyl halides is 3. The molecule has 2 aromatic carbocycles. The number of benzene rings is 2. The van der Waals surface area contributed by atoms with E-state index in [9.17, 15) is 22.8 Å². The van der Waals surface area contributed by atoms with Crippen molar-refractivity contribution in [2.24, 2.45) is 0 Å². The summed E-state index contributed by atoms with van der Waals surface area (Å²) in [6, 6.07) is 10.1. The second-order valence-electron chi connectivity index (χ2n) is 7.39. The summed E-state index contributed by atoms with van der Waals surface area (Å²) in [6.45, 7) is 2.01. The summed E-state index contributed by atoms with van der Waals surface area (Å²) >= 11 is 0. The molecule has 3 aromatic rings. The summed E-state index contributed by atoms with van der Waals surface area (Å²) in [5.41, 5.74) is 1.28. The van der Waals surface area contributed by atoms with Gasteiger partial charge in [-0.25, -0.2) is 9.97 Å². The number of aromatic nitrogens is 2. The molecule has 1 aliphatic heterocycles. The van der Waals surface area contributed by atoms with Gasteiger partial charge in [0.2, 0.25) is 5.91 Å². The van der Waals surface area contributed by atoms with Gasteiger partial charge in [0.05, 0.1) is 24.3 Å². The molecule has 1 aliphatic rings. The van der Waals surface area contributed by atoms with Crippen molar-refractivity contribution in [1.82, 2.24) is 14.9 Å². The van der Waals surface area contributed by atoms with Crippen LogP contribution in [-0.4, -0.2) is 46.2 Å². The van der Waals surface area contributed by atoms with E-state index in [1.807, 2.05) is 0 Å². The molecule has 8 nitrogen and oxygen atoms in total. The summed E-state index contributed by atoms with van der Waals surface area (Å²) in [6.07, 6.45) is -1.71. The molecule has 0 atom stereocenters. The second kappa shape index (κ2) is 9.38. The van der Waals surface area contributed by atoms with Crippen molar-refractivity contribution >= 4 is 17.5 Å². The fourth-order valence-electron chi connectivity index (χ4n) is 3.53. The first kappa shape index (κ1) is 23.0. The quantitative estimate of drug-likeness (QED) is 0.603. The van der Waals surface area contributed by atoms with E-state index in [4.69, 9.17) is 4.74 Å². The Kier molecular flexibility index (Phi) is 6.35. The van der Waals surface area contributed by atoms with Gasteiger partial charge in [-0.2, -0.15) is 0 Å². The van der Waals surface area contributed by atoms with E-state index < -0.39 is 18.0 Å². The molecule has 2 heterocycles. The highest BCUT2D eigenvalue weighted by molar-refractivity contribution is 6.00. The molecule has 0 fully saturated rings. The van der Waals surface area contributed by atoms with Gasteiger partial charge < -0.3 is 19.7 Å². The molecule has 0 spiro atoms. The lowest BCUT2D eigenvalue weighted by molar-refractivity contribution is -0.274. The van der Waals surface area contributed by atoms with Crippen LogP contribution in [0.25, 0.3) is 11.1 Å². The standard InChI is InChI=1S/C23H19F3N4O4/c1-14(31)29-19-12-16(34-23(24,25)26)4-5-17(19)15-3-6-20-18(11-15)22(32)30(9-10-33-20)13-21-27-7-2-8-28-21/h2-8,11-12H,9-10,13H2,1H3,(H,29,31). The van der Waals surface area contributed by atoms with Crippen molar-refractivity contribution in [2.75, 3.05) is 18.5 Å². The number of nitrogens with one attached hydrogen (secondary N) is 1. The van der Waals surface area contributed by atoms with E-state index in [1.165, 1.54) is 13.0 Å². The highest BCUT2D eigenvalue weighted by Crippen LogP contribution is 2.36. The van der Waals surface area contributed by atoms with Gasteiger partial charge in [0.15, 0.2) is 0 Å². The van der Waals surface area contributed by atoms with Crippen molar-refractivity contribution in [3.8, 4) is 22.6 Å². The van der Waals surface area contributed by atoms with E-state index in [2.05, 4.69) is 20.0 Å². The molecule has 1 N–H and O–H groups in total. The Labute approximate surface area is 192 Å². The minimum atomic E-state index is -4.88. The minimum Gasteiger partial charge on any atom is -0.491 e. The molecule has 0 saturated heterocycles. The van der Waals surface area contributed by atoms with Crippen LogP contribution in [0, 0.1) is 0 Å². The van der Waals surface area contributed by atoms with Gasteiger partial charge in [0, 0.05) is 30.9 Å². The van der Waals surface area contributed by atoms with Crippen molar-refractivity contribution < 1.29 is 32.2 Å². The number of carbonyl (C=O) groups excluding carboxylic acids is 2. The predicted octanol–water partition coefficient (Wildman–Crippen LogP) is 4.04. The molecule has 11 heteroatoms. The van der Waals surface area contributed by atoms with Crippen LogP contribution < -0.4 is 14.8 Å². The number of nitrogens with zero attached hydrogens (tertiary/aromatic N) is 3. The van der Waals surface area contributed by atoms with Crippen LogP contribution in [0.4, 0.5) is 18.9 Å². The number of rotatable bonds is 5. The Morgan fingerprint density at radius 3 is 2.62 bits per heavy atom. The lowest BCUT2D eigenvalue weighted by atomic mass is 9.99. The average Bonchev–Trinajstić information content (AvgIpc) is 2.92. The van der Waals surface area contributed by atoms with Crippen molar-refractivity contribution in [3.63, 3.8) is 0 Å². The molecule has 0 saturated carbocycles. The maximum absolute atomic E-state index is 13.3. The molecule has 0 radical (unpaired) electrons. The van der Waals surface area contributed by atoms with Crippen LogP contribution in [0.1, 0.15) is 23.1 Å². The summed E-state index contributed by atoms with van der Waals surface area (Å²) in [5.74, 6) is -0.413. The minimum absolute atomic E-state index is 0.103. The zero-order valence-corrected chi connectivity index (χ0v) is 17.9. The summed E-state index contributed by atoms with van der Waals surface area (Å²) in [5, 5.41) is 2.51. The second-order valence-corrected chi connectivity index (χ2v) is 7.39. The van der Waals surface area contributed by atoms with E-state index in [0.29, 0.717) is 29.2 Å². The van der Waals surface area contributed by atoms with Crippen LogP contribution in [0.2, 0.25) is 0 Å². The maximum Gasteiger partial charge on any atom is 0.573 e. The predicted molar refractivity (Wildman–Crippen MR) is 115 cm³/mol. The normalized spacial score (nSPS) is 13.5. The number of carbonyl (C=O) groups is 2. The zero-order valence-electron chi connectivity index (χ0n) is 17.9. The average molecular weight is 472 g/mol. The van der Waals surface area contributed by atoms with Crippen LogP contribution >= 0.6 is 0 Å². The van der Waals surface area contributed by atoms with Crippen LogP contribution in [-0.2, 0) is 11.3 Å². The van der Waals surface area contributed by atoms with Crippen LogP contribution in [0.5, 0.6) is 11.5 Å². The van der Waals surface area contributed by atoms with Crippen molar-refractivity contribution in [3.05, 3.63) is 66.2 Å². The SMILES string of the molecule is CC(=O)Nc1cc(OC(F)(F)F)ccc1-c1ccc2c(c1)C(=O)N(Cc1ncccn1)CCO2. The molecular formula is C23H19F3N4O4. The number of anilines is 1. The molecule has 34 heavy (non-hydrogen) atoms. The molecule has 0 unspecified atom stereocenters. The van der Waals surface area contributed by atoms with Crippen LogP contribution in [0.15, 0.2) is 54.9 Å². The highest BCUT2D eigenvalue weighted by Gasteiger charge is 2.31. The molecule has 1 aromatic heterocycles. The molecule has 2 amide bonds. The number of halogens is 3. The van der Waals surface area contributed by atoms with Gasteiger partial charge in [-0.1, -0.05) is 6.07 Å². The number of hydrogen-bond acceptors (Lipinski definition) is 6. The monoisotopic (exact) mass is 472 g/mol. The number of amides is 2. The highest BCUT2D eigenvalue weighted by atomic mass is 19.4. The van der Waals surface area contributed by atoms with E-state index >= 15 is 0 Å². The topological polar surface area (TPSA) is 93.7 Å². The first-order valence-electron chi connectivity index (χ1n) is 10.2. The van der Waals surface area contributed by atoms with Gasteiger partial charge in [-0.05, 0) is 35.9 Å². The Morgan fingerprint density at radius 1 is 1.15 bits per heavy atom. The van der Waals surface area contributed by atoms with E-state index in [-0.39, 0.29) is 30.3 Å². The third-order valence-corrected chi connectivity index (χ3v) is 4.91. The van der Waals surface area contributed by atoms with Gasteiger partial charge in [0.25, 0.3) is 5.91 Å². The van der Waals surface area contributed by atoms with Gasteiger partial charge in [-0.3, -0.25) is 9.59 Å². The van der Waals surface area contributed by atoms with Crippen LogP contribution in [0.3, 0.4) is 0 Å². The van der Waals surface area contributed by atoms with Gasteiger partial charge in [-0.15, -0.1) is 13.2 Å². The summed E-state index contributed by atoms with van der Waals surface area (Å²) < 4.78 is 47.6. The number of ether oxygens (including phenoxy) is 2. The summed E-state index contributed by atoms with van der Waals surface area (Å²) in [7, 11) is 0. The lowest BCUT2D eigenvalue weighted by Gasteiger charge is -2.19. The van der Waals surface area contributed by atoms with E-state index in [1.54, 1.807) is 41.6 Å². The van der Waals surface area contributed by atoms with Crippen molar-refractivity contribution in [1.29, 1.82) is 0 Å². The third kappa shape index (κ3) is 5.42. The number of fused-ring (bicyclic) bond motifs is 1. The van der Waals surface area contributed by atoms with Crippen molar-refractivity contribution in [2.45, 2.75) is 19.8 Å². The summed E-state index contributed by atoms with van der Waals surface area (Å²) in [4.78, 5) is 34.8. The largest absolute Gasteiger partial charge is 0.573 e. The van der Waals surface area contributed by atoms with Gasteiger partial charge in [0.1, 0.15) is 23.9 Å². The molecular weight excluding hydrogens is 453 g/mol. The Balaban J connectivity index is 1.69. The molecule has 0 bridgehead atoms. The molecule has 176 valence electrons. The Bertz CT molecular complexity index is 1220. The first-order chi connectivity index (χ1) is 16.2. The van der Waals surface area contributed by atoms with Gasteiger partial charge >= 0.3 is 6.36 Å². The molecule has 0 aliphatic carbocycles. The zero-order chi connectivity index (χ0) is 24.3. The maximum atomic E-state index is 13.3. The lowest BCUT2D eigenvalue weighted by Crippen LogP contribution is -2.32. The fraction of sp³-hybridized carbons (Fsp3) is 0.217. The number of hydrogen-bond donors (Lipinski definition) is 1. The third-order valence-electron chi connectivity index (χ3n) is 4.91.